The summed E-state index contributed by atoms with van der Waals surface area (Å²) in [7, 11) is 0. The predicted molar refractivity (Wildman–Crippen MR) is 71.7 cm³/mol. The first-order valence-corrected chi connectivity index (χ1v) is 6.39. The quantitative estimate of drug-likeness (QED) is 0.859. The van der Waals surface area contributed by atoms with Crippen LogP contribution in [0.3, 0.4) is 0 Å². The molecular formula is C14H21N3. The van der Waals surface area contributed by atoms with E-state index in [1.807, 2.05) is 12.3 Å². The van der Waals surface area contributed by atoms with Crippen molar-refractivity contribution in [3.8, 4) is 0 Å². The lowest BCUT2D eigenvalue weighted by Gasteiger charge is -2.11. The van der Waals surface area contributed by atoms with Gasteiger partial charge in [-0.3, -0.25) is 0 Å². The lowest BCUT2D eigenvalue weighted by molar-refractivity contribution is 0.451. The number of aromatic nitrogens is 2. The fourth-order valence-electron chi connectivity index (χ4n) is 2.42. The van der Waals surface area contributed by atoms with E-state index in [0.717, 1.165) is 12.2 Å². The SMILES string of the molecule is CCCC(C)Cn1cc(CN)c2cccnc21. The summed E-state index contributed by atoms with van der Waals surface area (Å²) >= 11 is 0. The van der Waals surface area contributed by atoms with Gasteiger partial charge in [-0.05, 0) is 30.0 Å². The highest BCUT2D eigenvalue weighted by molar-refractivity contribution is 5.80. The number of nitrogens with zero attached hydrogens (tertiary/aromatic N) is 2. The van der Waals surface area contributed by atoms with Crippen molar-refractivity contribution in [2.24, 2.45) is 11.7 Å². The summed E-state index contributed by atoms with van der Waals surface area (Å²) in [4.78, 5) is 4.47. The molecule has 2 aromatic heterocycles. The molecule has 2 aromatic rings. The van der Waals surface area contributed by atoms with Crippen molar-refractivity contribution < 1.29 is 0 Å². The first kappa shape index (κ1) is 12.1. The van der Waals surface area contributed by atoms with E-state index in [1.54, 1.807) is 0 Å². The molecule has 0 saturated heterocycles. The van der Waals surface area contributed by atoms with Gasteiger partial charge in [0.2, 0.25) is 0 Å². The zero-order valence-electron chi connectivity index (χ0n) is 10.7. The van der Waals surface area contributed by atoms with Gasteiger partial charge >= 0.3 is 0 Å². The molecule has 0 aliphatic heterocycles. The van der Waals surface area contributed by atoms with Crippen LogP contribution in [0.15, 0.2) is 24.5 Å². The number of hydrogen-bond donors (Lipinski definition) is 1. The molecule has 0 aliphatic rings. The molecule has 1 unspecified atom stereocenters. The number of fused-ring (bicyclic) bond motifs is 1. The van der Waals surface area contributed by atoms with Crippen molar-refractivity contribution in [2.75, 3.05) is 0 Å². The van der Waals surface area contributed by atoms with Gasteiger partial charge in [0.15, 0.2) is 0 Å². The summed E-state index contributed by atoms with van der Waals surface area (Å²) in [6.45, 7) is 6.13. The van der Waals surface area contributed by atoms with Gasteiger partial charge in [-0.15, -0.1) is 0 Å². The molecule has 0 bridgehead atoms. The van der Waals surface area contributed by atoms with Gasteiger partial charge in [-0.1, -0.05) is 20.3 Å². The van der Waals surface area contributed by atoms with Crippen molar-refractivity contribution in [3.05, 3.63) is 30.1 Å². The minimum absolute atomic E-state index is 0.581. The van der Waals surface area contributed by atoms with Gasteiger partial charge in [0, 0.05) is 30.9 Å². The predicted octanol–water partition coefficient (Wildman–Crippen LogP) is 2.93. The monoisotopic (exact) mass is 231 g/mol. The fraction of sp³-hybridized carbons (Fsp3) is 0.500. The third-order valence-corrected chi connectivity index (χ3v) is 3.23. The van der Waals surface area contributed by atoms with Crippen LogP contribution in [0.5, 0.6) is 0 Å². The normalized spacial score (nSPS) is 13.1. The zero-order valence-corrected chi connectivity index (χ0v) is 10.7. The van der Waals surface area contributed by atoms with Crippen LogP contribution in [-0.4, -0.2) is 9.55 Å². The number of pyridine rings is 1. The summed E-state index contributed by atoms with van der Waals surface area (Å²) in [5, 5.41) is 1.19. The molecule has 0 saturated carbocycles. The highest BCUT2D eigenvalue weighted by atomic mass is 15.0. The minimum Gasteiger partial charge on any atom is -0.332 e. The molecule has 92 valence electrons. The van der Waals surface area contributed by atoms with E-state index >= 15 is 0 Å². The minimum atomic E-state index is 0.581. The summed E-state index contributed by atoms with van der Waals surface area (Å²) in [5.74, 6) is 0.684. The van der Waals surface area contributed by atoms with Crippen molar-refractivity contribution in [1.29, 1.82) is 0 Å². The van der Waals surface area contributed by atoms with Crippen molar-refractivity contribution in [1.82, 2.24) is 9.55 Å². The van der Waals surface area contributed by atoms with E-state index in [-0.39, 0.29) is 0 Å². The van der Waals surface area contributed by atoms with E-state index in [9.17, 15) is 0 Å². The smallest absolute Gasteiger partial charge is 0.140 e. The molecular weight excluding hydrogens is 210 g/mol. The third kappa shape index (κ3) is 2.50. The summed E-state index contributed by atoms with van der Waals surface area (Å²) in [6.07, 6.45) is 6.50. The molecule has 2 heterocycles. The number of hydrogen-bond acceptors (Lipinski definition) is 2. The Morgan fingerprint density at radius 1 is 1.47 bits per heavy atom. The van der Waals surface area contributed by atoms with Gasteiger partial charge < -0.3 is 10.3 Å². The van der Waals surface area contributed by atoms with Gasteiger partial charge in [0.1, 0.15) is 5.65 Å². The maximum atomic E-state index is 5.78. The van der Waals surface area contributed by atoms with Crippen LogP contribution < -0.4 is 5.73 Å². The number of nitrogens with two attached hydrogens (primary N) is 1. The van der Waals surface area contributed by atoms with Crippen LogP contribution in [0.25, 0.3) is 11.0 Å². The van der Waals surface area contributed by atoms with Crippen molar-refractivity contribution in [2.45, 2.75) is 39.8 Å². The lowest BCUT2D eigenvalue weighted by Crippen LogP contribution is -2.07. The Balaban J connectivity index is 2.33. The Labute approximate surface area is 103 Å². The van der Waals surface area contributed by atoms with E-state index in [1.165, 1.54) is 23.8 Å². The van der Waals surface area contributed by atoms with Crippen molar-refractivity contribution >= 4 is 11.0 Å². The molecule has 0 amide bonds. The Hall–Kier alpha value is -1.35. The van der Waals surface area contributed by atoms with Gasteiger partial charge in [-0.2, -0.15) is 0 Å². The maximum Gasteiger partial charge on any atom is 0.140 e. The van der Waals surface area contributed by atoms with E-state index in [4.69, 9.17) is 5.73 Å². The molecule has 2 rings (SSSR count). The largest absolute Gasteiger partial charge is 0.332 e. The third-order valence-electron chi connectivity index (χ3n) is 3.23. The second kappa shape index (κ2) is 5.32. The Bertz CT molecular complexity index is 487. The summed E-state index contributed by atoms with van der Waals surface area (Å²) in [5.41, 5.74) is 8.03. The van der Waals surface area contributed by atoms with E-state index in [0.29, 0.717) is 12.5 Å². The average molecular weight is 231 g/mol. The molecule has 0 fully saturated rings. The lowest BCUT2D eigenvalue weighted by atomic mass is 10.1. The standard InChI is InChI=1S/C14H21N3/c1-3-5-11(2)9-17-10-12(8-15)13-6-4-7-16-14(13)17/h4,6-7,10-11H,3,5,8-9,15H2,1-2H3. The van der Waals surface area contributed by atoms with Crippen LogP contribution in [0.4, 0.5) is 0 Å². The number of rotatable bonds is 5. The van der Waals surface area contributed by atoms with E-state index in [2.05, 4.69) is 35.7 Å². The van der Waals surface area contributed by atoms with E-state index < -0.39 is 0 Å². The van der Waals surface area contributed by atoms with Crippen LogP contribution >= 0.6 is 0 Å². The molecule has 2 N–H and O–H groups in total. The van der Waals surface area contributed by atoms with Crippen LogP contribution in [-0.2, 0) is 13.1 Å². The second-order valence-corrected chi connectivity index (χ2v) is 4.78. The second-order valence-electron chi connectivity index (χ2n) is 4.78. The molecule has 3 heteroatoms. The fourth-order valence-corrected chi connectivity index (χ4v) is 2.42. The molecule has 17 heavy (non-hydrogen) atoms. The molecule has 0 aromatic carbocycles. The Kier molecular flexibility index (Phi) is 3.79. The maximum absolute atomic E-state index is 5.78. The first-order chi connectivity index (χ1) is 8.26. The van der Waals surface area contributed by atoms with Crippen LogP contribution in [0.1, 0.15) is 32.3 Å². The molecule has 0 aliphatic carbocycles. The Morgan fingerprint density at radius 2 is 2.29 bits per heavy atom. The summed E-state index contributed by atoms with van der Waals surface area (Å²) in [6, 6.07) is 4.08. The highest BCUT2D eigenvalue weighted by Crippen LogP contribution is 2.20. The first-order valence-electron chi connectivity index (χ1n) is 6.39. The zero-order chi connectivity index (χ0) is 12.3. The topological polar surface area (TPSA) is 43.8 Å². The van der Waals surface area contributed by atoms with Gasteiger partial charge in [-0.25, -0.2) is 4.98 Å². The van der Waals surface area contributed by atoms with Crippen LogP contribution in [0.2, 0.25) is 0 Å². The molecule has 3 nitrogen and oxygen atoms in total. The molecule has 0 radical (unpaired) electrons. The summed E-state index contributed by atoms with van der Waals surface area (Å²) < 4.78 is 2.25. The van der Waals surface area contributed by atoms with Gasteiger partial charge in [0.05, 0.1) is 0 Å². The molecule has 0 spiro atoms. The highest BCUT2D eigenvalue weighted by Gasteiger charge is 2.10. The van der Waals surface area contributed by atoms with Crippen LogP contribution in [0, 0.1) is 5.92 Å². The van der Waals surface area contributed by atoms with Crippen molar-refractivity contribution in [3.63, 3.8) is 0 Å². The van der Waals surface area contributed by atoms with Gasteiger partial charge in [0.25, 0.3) is 0 Å². The molecule has 1 atom stereocenters. The average Bonchev–Trinajstić information content (AvgIpc) is 2.68. The Morgan fingerprint density at radius 3 is 3.00 bits per heavy atom.